The van der Waals surface area contributed by atoms with Gasteiger partial charge in [-0.2, -0.15) is 4.31 Å². The summed E-state index contributed by atoms with van der Waals surface area (Å²) >= 11 is 0. The lowest BCUT2D eigenvalue weighted by Crippen LogP contribution is -2.37. The van der Waals surface area contributed by atoms with E-state index in [0.717, 1.165) is 6.33 Å². The van der Waals surface area contributed by atoms with Gasteiger partial charge >= 0.3 is 21.6 Å². The van der Waals surface area contributed by atoms with E-state index in [2.05, 4.69) is 23.8 Å². The summed E-state index contributed by atoms with van der Waals surface area (Å²) in [5, 5.41) is 29.8. The van der Waals surface area contributed by atoms with E-state index in [-0.39, 0.29) is 17.0 Å². The van der Waals surface area contributed by atoms with E-state index in [9.17, 15) is 34.1 Å². The van der Waals surface area contributed by atoms with E-state index < -0.39 is 65.5 Å². The number of aromatic nitrogens is 4. The van der Waals surface area contributed by atoms with E-state index in [0.29, 0.717) is 0 Å². The highest BCUT2D eigenvalue weighted by Crippen LogP contribution is 2.58. The molecule has 0 aromatic carbocycles. The zero-order valence-electron chi connectivity index (χ0n) is 16.3. The summed E-state index contributed by atoms with van der Waals surface area (Å²) in [7, 11) is -10.9. The van der Waals surface area contributed by atoms with Crippen molar-refractivity contribution in [2.75, 3.05) is 18.9 Å². The normalized spacial score (nSPS) is 26.2. The predicted octanol–water partition coefficient (Wildman–Crippen LogP) is -2.84. The van der Waals surface area contributed by atoms with Crippen LogP contribution in [0.3, 0.4) is 0 Å². The summed E-state index contributed by atoms with van der Waals surface area (Å²) in [6.07, 6.45) is -5.42. The number of aliphatic hydroxyl groups is 3. The summed E-state index contributed by atoms with van der Waals surface area (Å²) in [5.74, 6) is -1.39. The highest BCUT2D eigenvalue weighted by Gasteiger charge is 2.45. The van der Waals surface area contributed by atoms with Crippen molar-refractivity contribution in [2.24, 2.45) is 0 Å². The molecule has 1 fully saturated rings. The van der Waals surface area contributed by atoms with Crippen molar-refractivity contribution in [3.05, 3.63) is 12.7 Å². The molecule has 184 valence electrons. The number of nitrogens with zero attached hydrogens (tertiary/aromatic N) is 4. The van der Waals surface area contributed by atoms with Crippen LogP contribution in [0.4, 0.5) is 5.82 Å². The SMILES string of the molecule is Nc1ncnc2c1ncn2[C@@H]1O[C@H](COC(=O)C(CO)OP(=O)(O)OP(=O)(O)O)[C@@H](O)[C@H]1O. The Hall–Kier alpha value is -2.08. The minimum atomic E-state index is -5.46. The van der Waals surface area contributed by atoms with Gasteiger partial charge in [-0.05, 0) is 0 Å². The number of phosphoric ester groups is 1. The summed E-state index contributed by atoms with van der Waals surface area (Å²) in [6.45, 7) is -1.94. The molecule has 33 heavy (non-hydrogen) atoms. The van der Waals surface area contributed by atoms with Crippen LogP contribution in [0.5, 0.6) is 0 Å². The molecule has 2 aromatic heterocycles. The standard InChI is InChI=1S/C13H19N5O13P2/c14-10-7-11(16-3-15-10)18(4-17-7)12-9(21)8(20)6(29-12)2-28-13(22)5(1-19)30-33(26,27)31-32(23,24)25/h3-6,8-9,12,19-21H,1-2H2,(H,26,27)(H2,14,15,16)(H2,23,24,25)/t5?,6-,8-,9-,12-/m1/s1. The zero-order valence-corrected chi connectivity index (χ0v) is 18.0. The number of anilines is 1. The first kappa shape index (κ1) is 25.5. The van der Waals surface area contributed by atoms with Crippen molar-refractivity contribution in [1.29, 1.82) is 0 Å². The number of imidazole rings is 1. The molecule has 0 amide bonds. The van der Waals surface area contributed by atoms with Gasteiger partial charge in [0.1, 0.15) is 36.8 Å². The number of nitrogen functional groups attached to an aromatic ring is 1. The van der Waals surface area contributed by atoms with Crippen LogP contribution in [0, 0.1) is 0 Å². The van der Waals surface area contributed by atoms with Gasteiger partial charge in [-0.15, -0.1) is 0 Å². The fourth-order valence-electron chi connectivity index (χ4n) is 2.88. The number of esters is 1. The highest BCUT2D eigenvalue weighted by atomic mass is 31.3. The summed E-state index contributed by atoms with van der Waals surface area (Å²) in [5.41, 5.74) is 6.10. The molecule has 1 aliphatic rings. The smallest absolute Gasteiger partial charge is 0.461 e. The zero-order chi connectivity index (χ0) is 24.6. The van der Waals surface area contributed by atoms with Crippen LogP contribution in [0.2, 0.25) is 0 Å². The Bertz CT molecular complexity index is 1110. The molecule has 1 aliphatic heterocycles. The van der Waals surface area contributed by atoms with Crippen LogP contribution < -0.4 is 5.73 Å². The van der Waals surface area contributed by atoms with E-state index >= 15 is 0 Å². The molecule has 0 bridgehead atoms. The Labute approximate surface area is 183 Å². The fraction of sp³-hybridized carbons (Fsp3) is 0.538. The second kappa shape index (κ2) is 9.65. The number of hydrogen-bond donors (Lipinski definition) is 7. The first-order valence-corrected chi connectivity index (χ1v) is 11.9. The van der Waals surface area contributed by atoms with Crippen molar-refractivity contribution in [1.82, 2.24) is 19.5 Å². The molecule has 1 saturated heterocycles. The molecule has 3 rings (SSSR count). The highest BCUT2D eigenvalue weighted by molar-refractivity contribution is 7.60. The lowest BCUT2D eigenvalue weighted by Gasteiger charge is -2.20. The maximum atomic E-state index is 12.1. The fourth-order valence-corrected chi connectivity index (χ4v) is 4.58. The van der Waals surface area contributed by atoms with Gasteiger partial charge in [-0.1, -0.05) is 0 Å². The average molecular weight is 515 g/mol. The minimum absolute atomic E-state index is 0.0659. The van der Waals surface area contributed by atoms with Crippen molar-refractivity contribution in [2.45, 2.75) is 30.6 Å². The van der Waals surface area contributed by atoms with E-state index in [4.69, 9.17) is 25.0 Å². The van der Waals surface area contributed by atoms with Crippen LogP contribution in [-0.4, -0.2) is 93.1 Å². The summed E-state index contributed by atoms with van der Waals surface area (Å²) < 4.78 is 41.5. The quantitative estimate of drug-likeness (QED) is 0.131. The van der Waals surface area contributed by atoms with Gasteiger partial charge in [0, 0.05) is 0 Å². The number of hydrogen-bond acceptors (Lipinski definition) is 14. The number of fused-ring (bicyclic) bond motifs is 1. The Morgan fingerprint density at radius 1 is 1.21 bits per heavy atom. The van der Waals surface area contributed by atoms with Gasteiger partial charge < -0.3 is 45.2 Å². The number of nitrogens with two attached hydrogens (primary N) is 1. The number of ether oxygens (including phenoxy) is 2. The number of aliphatic hydroxyl groups excluding tert-OH is 3. The van der Waals surface area contributed by atoms with Gasteiger partial charge in [-0.3, -0.25) is 9.09 Å². The van der Waals surface area contributed by atoms with Crippen molar-refractivity contribution < 1.29 is 62.2 Å². The van der Waals surface area contributed by atoms with Crippen LogP contribution in [0.1, 0.15) is 6.23 Å². The van der Waals surface area contributed by atoms with Crippen molar-refractivity contribution >= 4 is 38.6 Å². The third-order valence-electron chi connectivity index (χ3n) is 4.29. The lowest BCUT2D eigenvalue weighted by molar-refractivity contribution is -0.160. The van der Waals surface area contributed by atoms with E-state index in [1.165, 1.54) is 10.9 Å². The molecule has 3 heterocycles. The molecular formula is C13H19N5O13P2. The van der Waals surface area contributed by atoms with Crippen LogP contribution in [0.25, 0.3) is 11.2 Å². The molecular weight excluding hydrogens is 496 g/mol. The number of phosphoric acid groups is 2. The van der Waals surface area contributed by atoms with Gasteiger partial charge in [0.15, 0.2) is 23.8 Å². The Balaban J connectivity index is 1.65. The molecule has 0 spiro atoms. The molecule has 20 heteroatoms. The third kappa shape index (κ3) is 5.89. The number of carbonyl (C=O) groups excluding carboxylic acids is 1. The molecule has 2 unspecified atom stereocenters. The van der Waals surface area contributed by atoms with Crippen LogP contribution in [0.15, 0.2) is 12.7 Å². The molecule has 8 N–H and O–H groups in total. The molecule has 0 radical (unpaired) electrons. The number of rotatable bonds is 9. The molecule has 6 atom stereocenters. The first-order valence-electron chi connectivity index (χ1n) is 8.83. The van der Waals surface area contributed by atoms with Crippen molar-refractivity contribution in [3.8, 4) is 0 Å². The molecule has 18 nitrogen and oxygen atoms in total. The van der Waals surface area contributed by atoms with Gasteiger partial charge in [-0.25, -0.2) is 28.9 Å². The molecule has 0 aliphatic carbocycles. The Kier molecular flexibility index (Phi) is 7.47. The first-order chi connectivity index (χ1) is 15.3. The second-order valence-electron chi connectivity index (χ2n) is 6.58. The Morgan fingerprint density at radius 3 is 2.55 bits per heavy atom. The molecule has 0 saturated carbocycles. The number of carbonyl (C=O) groups is 1. The summed E-state index contributed by atoms with van der Waals surface area (Å²) in [4.78, 5) is 50.2. The largest absolute Gasteiger partial charge is 0.482 e. The van der Waals surface area contributed by atoms with Gasteiger partial charge in [0.05, 0.1) is 12.9 Å². The van der Waals surface area contributed by atoms with Crippen LogP contribution >= 0.6 is 15.6 Å². The van der Waals surface area contributed by atoms with E-state index in [1.807, 2.05) is 0 Å². The van der Waals surface area contributed by atoms with Gasteiger partial charge in [0.2, 0.25) is 0 Å². The average Bonchev–Trinajstić information content (AvgIpc) is 3.25. The second-order valence-corrected chi connectivity index (χ2v) is 9.36. The predicted molar refractivity (Wildman–Crippen MR) is 102 cm³/mol. The Morgan fingerprint density at radius 2 is 1.91 bits per heavy atom. The maximum absolute atomic E-state index is 12.1. The van der Waals surface area contributed by atoms with E-state index in [1.54, 1.807) is 0 Å². The van der Waals surface area contributed by atoms with Gasteiger partial charge in [0.25, 0.3) is 0 Å². The maximum Gasteiger partial charge on any atom is 0.482 e. The topological polar surface area (TPSA) is 279 Å². The summed E-state index contributed by atoms with van der Waals surface area (Å²) in [6, 6.07) is 0. The monoisotopic (exact) mass is 515 g/mol. The van der Waals surface area contributed by atoms with Crippen molar-refractivity contribution in [3.63, 3.8) is 0 Å². The molecule has 2 aromatic rings. The third-order valence-corrected chi connectivity index (χ3v) is 6.48. The van der Waals surface area contributed by atoms with Crippen LogP contribution in [-0.2, 0) is 32.2 Å². The minimum Gasteiger partial charge on any atom is -0.461 e. The lowest BCUT2D eigenvalue weighted by atomic mass is 10.1.